The minimum atomic E-state index is -0.911. The Balaban J connectivity index is 1.80. The monoisotopic (exact) mass is 420 g/mol. The van der Waals surface area contributed by atoms with Crippen LogP contribution in [0.3, 0.4) is 0 Å². The van der Waals surface area contributed by atoms with E-state index in [-0.39, 0.29) is 28.7 Å². The molecule has 0 aromatic heterocycles. The second-order valence-electron chi connectivity index (χ2n) is 7.93. The second kappa shape index (κ2) is 10.7. The summed E-state index contributed by atoms with van der Waals surface area (Å²) in [5, 5.41) is 12.5. The molecule has 1 atom stereocenters. The third-order valence-electron chi connectivity index (χ3n) is 5.44. The highest BCUT2D eigenvalue weighted by Gasteiger charge is 2.34. The van der Waals surface area contributed by atoms with E-state index >= 15 is 0 Å². The number of aliphatic carboxylic acids is 1. The molecule has 1 aliphatic rings. The molecule has 31 heavy (non-hydrogen) atoms. The smallest absolute Gasteiger partial charge is 0.360 e. The van der Waals surface area contributed by atoms with Crippen LogP contribution in [0.5, 0.6) is 0 Å². The molecule has 162 valence electrons. The largest absolute Gasteiger partial charge is 0.477 e. The van der Waals surface area contributed by atoms with Crippen molar-refractivity contribution in [2.24, 2.45) is 4.99 Å². The lowest BCUT2D eigenvalue weighted by molar-refractivity contribution is -0.771. The summed E-state index contributed by atoms with van der Waals surface area (Å²) in [7, 11) is 0. The number of unbranched alkanes of at least 4 members (excludes halogenated alkanes) is 3. The van der Waals surface area contributed by atoms with Gasteiger partial charge in [0, 0.05) is 0 Å². The van der Waals surface area contributed by atoms with Crippen LogP contribution in [-0.4, -0.2) is 40.9 Å². The number of nitrogens with zero attached hydrogens (tertiary/aromatic N) is 2. The van der Waals surface area contributed by atoms with Crippen LogP contribution < -0.4 is 5.32 Å². The maximum Gasteiger partial charge on any atom is 0.360 e. The van der Waals surface area contributed by atoms with E-state index in [2.05, 4.69) is 17.2 Å². The van der Waals surface area contributed by atoms with Crippen molar-refractivity contribution >= 4 is 18.2 Å². The second-order valence-corrected chi connectivity index (χ2v) is 7.93. The lowest BCUT2D eigenvalue weighted by atomic mass is 9.98. The van der Waals surface area contributed by atoms with Crippen molar-refractivity contribution in [3.8, 4) is 0 Å². The number of nitrogens with one attached hydrogen (secondary N) is 1. The van der Waals surface area contributed by atoms with Crippen LogP contribution in [0.4, 0.5) is 0 Å². The zero-order valence-corrected chi connectivity index (χ0v) is 17.9. The molecule has 6 nitrogen and oxygen atoms in total. The van der Waals surface area contributed by atoms with Gasteiger partial charge in [0.2, 0.25) is 0 Å². The predicted molar refractivity (Wildman–Crippen MR) is 121 cm³/mol. The molecule has 0 saturated heterocycles. The van der Waals surface area contributed by atoms with Crippen LogP contribution in [-0.2, 0) is 9.59 Å². The van der Waals surface area contributed by atoms with E-state index in [1.165, 1.54) is 0 Å². The highest BCUT2D eigenvalue weighted by molar-refractivity contribution is 5.95. The summed E-state index contributed by atoms with van der Waals surface area (Å²) in [5.74, 6) is -1.22. The average molecular weight is 421 g/mol. The van der Waals surface area contributed by atoms with Crippen molar-refractivity contribution < 1.29 is 19.2 Å². The zero-order valence-electron chi connectivity index (χ0n) is 17.9. The standard InChI is InChI=1S/C25H29N3O3/c1-2-3-4-11-16-28(18-23(29)30)17-22(26-19-28)25(31)27-24(20-12-7-5-8-13-20)21-14-9-6-10-15-21/h5-10,12-15,17,19,24H,2-4,11,16,18H2,1H3,(H-,27,29,30,31)/p+1. The number of carboxylic acids is 1. The Hall–Kier alpha value is -3.25. The van der Waals surface area contributed by atoms with Crippen LogP contribution in [0.2, 0.25) is 0 Å². The van der Waals surface area contributed by atoms with Crippen LogP contribution in [0.25, 0.3) is 0 Å². The SMILES string of the molecule is CCCCCC[N+]1(CC(=O)O)C=NC(C(=O)NC(c2ccccc2)c2ccccc2)=C1. The maximum absolute atomic E-state index is 13.1. The number of aliphatic imine (C=N–C) groups is 1. The number of quaternary nitrogens is 1. The zero-order chi connectivity index (χ0) is 22.1. The molecule has 0 fully saturated rings. The number of benzene rings is 2. The average Bonchev–Trinajstić information content (AvgIpc) is 3.19. The highest BCUT2D eigenvalue weighted by Crippen LogP contribution is 2.24. The van der Waals surface area contributed by atoms with Crippen molar-refractivity contribution in [1.82, 2.24) is 5.32 Å². The Labute approximate surface area is 183 Å². The summed E-state index contributed by atoms with van der Waals surface area (Å²) >= 11 is 0. The molecule has 3 rings (SSSR count). The summed E-state index contributed by atoms with van der Waals surface area (Å²) in [6.45, 7) is 2.64. The third kappa shape index (κ3) is 6.12. The Bertz CT molecular complexity index is 901. The van der Waals surface area contributed by atoms with E-state index in [0.717, 1.165) is 36.8 Å². The fourth-order valence-corrected chi connectivity index (χ4v) is 3.83. The number of carbonyl (C=O) groups is 2. The lowest BCUT2D eigenvalue weighted by Crippen LogP contribution is -2.45. The maximum atomic E-state index is 13.1. The third-order valence-corrected chi connectivity index (χ3v) is 5.44. The number of hydrogen-bond donors (Lipinski definition) is 2. The van der Waals surface area contributed by atoms with E-state index < -0.39 is 5.97 Å². The van der Waals surface area contributed by atoms with Gasteiger partial charge >= 0.3 is 5.97 Å². The van der Waals surface area contributed by atoms with Crippen LogP contribution in [0.1, 0.15) is 49.8 Å². The first-order valence-electron chi connectivity index (χ1n) is 10.8. The van der Waals surface area contributed by atoms with Gasteiger partial charge in [0.05, 0.1) is 12.6 Å². The Morgan fingerprint density at radius 2 is 1.58 bits per heavy atom. The molecular formula is C25H30N3O3+. The van der Waals surface area contributed by atoms with Crippen molar-refractivity contribution in [1.29, 1.82) is 0 Å². The Morgan fingerprint density at radius 1 is 0.968 bits per heavy atom. The van der Waals surface area contributed by atoms with Crippen molar-refractivity contribution in [2.45, 2.75) is 38.6 Å². The highest BCUT2D eigenvalue weighted by atomic mass is 16.4. The molecule has 6 heteroatoms. The Kier molecular flexibility index (Phi) is 7.73. The Morgan fingerprint density at radius 3 is 2.13 bits per heavy atom. The summed E-state index contributed by atoms with van der Waals surface area (Å²) in [4.78, 5) is 28.9. The number of hydrogen-bond acceptors (Lipinski definition) is 3. The number of rotatable bonds is 11. The van der Waals surface area contributed by atoms with Gasteiger partial charge in [-0.2, -0.15) is 4.99 Å². The first-order chi connectivity index (χ1) is 15.0. The minimum absolute atomic E-state index is 0.0726. The van der Waals surface area contributed by atoms with E-state index in [1.54, 1.807) is 12.5 Å². The van der Waals surface area contributed by atoms with Gasteiger partial charge in [-0.3, -0.25) is 4.79 Å². The van der Waals surface area contributed by atoms with E-state index in [9.17, 15) is 14.7 Å². The number of amides is 1. The van der Waals surface area contributed by atoms with Gasteiger partial charge in [-0.25, -0.2) is 9.28 Å². The van der Waals surface area contributed by atoms with E-state index in [4.69, 9.17) is 0 Å². The minimum Gasteiger partial charge on any atom is -0.477 e. The van der Waals surface area contributed by atoms with Crippen LogP contribution in [0.15, 0.2) is 77.6 Å². The molecule has 1 aliphatic heterocycles. The normalized spacial score (nSPS) is 17.5. The number of carbonyl (C=O) groups excluding carboxylic acids is 1. The van der Waals surface area contributed by atoms with Gasteiger partial charge in [0.1, 0.15) is 6.20 Å². The number of carboxylic acid groups (broad SMARTS) is 1. The van der Waals surface area contributed by atoms with E-state index in [1.807, 2.05) is 60.7 Å². The topological polar surface area (TPSA) is 78.8 Å². The van der Waals surface area contributed by atoms with Crippen LogP contribution in [0, 0.1) is 0 Å². The summed E-state index contributed by atoms with van der Waals surface area (Å²) in [5.41, 5.74) is 2.19. The molecule has 2 aromatic carbocycles. The quantitative estimate of drug-likeness (QED) is 0.421. The predicted octanol–water partition coefficient (Wildman–Crippen LogP) is 4.26. The molecule has 1 unspecified atom stereocenters. The summed E-state index contributed by atoms with van der Waals surface area (Å²) < 4.78 is 0.0726. The van der Waals surface area contributed by atoms with Gasteiger partial charge in [-0.1, -0.05) is 80.4 Å². The molecule has 0 radical (unpaired) electrons. The molecule has 1 heterocycles. The van der Waals surface area contributed by atoms with Gasteiger partial charge in [0.25, 0.3) is 5.91 Å². The molecule has 0 bridgehead atoms. The molecule has 0 spiro atoms. The van der Waals surface area contributed by atoms with Gasteiger partial charge in [-0.15, -0.1) is 0 Å². The molecule has 1 amide bonds. The van der Waals surface area contributed by atoms with Crippen LogP contribution >= 0.6 is 0 Å². The lowest BCUT2D eigenvalue weighted by Gasteiger charge is -2.25. The van der Waals surface area contributed by atoms with E-state index in [0.29, 0.717) is 6.54 Å². The summed E-state index contributed by atoms with van der Waals surface area (Å²) in [6, 6.07) is 19.2. The summed E-state index contributed by atoms with van der Waals surface area (Å²) in [6.07, 6.45) is 7.41. The first-order valence-corrected chi connectivity index (χ1v) is 10.8. The van der Waals surface area contributed by atoms with Gasteiger partial charge in [-0.05, 0) is 24.0 Å². The molecule has 2 N–H and O–H groups in total. The molecule has 0 saturated carbocycles. The van der Waals surface area contributed by atoms with Crippen molar-refractivity contribution in [3.63, 3.8) is 0 Å². The van der Waals surface area contributed by atoms with Crippen molar-refractivity contribution in [2.75, 3.05) is 13.1 Å². The molecule has 2 aromatic rings. The van der Waals surface area contributed by atoms with Crippen molar-refractivity contribution in [3.05, 3.63) is 83.7 Å². The fourth-order valence-electron chi connectivity index (χ4n) is 3.83. The first kappa shape index (κ1) is 22.4. The van der Waals surface area contributed by atoms with Gasteiger partial charge < -0.3 is 10.4 Å². The molecule has 0 aliphatic carbocycles. The fraction of sp³-hybridized carbons (Fsp3) is 0.320. The molecular weight excluding hydrogens is 390 g/mol. The van der Waals surface area contributed by atoms with Gasteiger partial charge in [0.15, 0.2) is 18.6 Å².